The van der Waals surface area contributed by atoms with Gasteiger partial charge in [0.2, 0.25) is 0 Å². The summed E-state index contributed by atoms with van der Waals surface area (Å²) in [4.78, 5) is 3.99. The van der Waals surface area contributed by atoms with Crippen LogP contribution in [0.4, 0.5) is 5.69 Å². The number of pyridine rings is 1. The molecule has 4 nitrogen and oxygen atoms in total. The molecule has 1 aromatic rings. The normalized spacial score (nSPS) is 9.54. The van der Waals surface area contributed by atoms with Crippen molar-refractivity contribution < 1.29 is 5.11 Å². The number of rotatable bonds is 3. The summed E-state index contributed by atoms with van der Waals surface area (Å²) < 4.78 is 0. The first-order valence-electron chi connectivity index (χ1n) is 3.67. The lowest BCUT2D eigenvalue weighted by Gasteiger charge is -2.02. The fourth-order valence-corrected chi connectivity index (χ4v) is 1.43. The molecule has 13 heavy (non-hydrogen) atoms. The van der Waals surface area contributed by atoms with Gasteiger partial charge < -0.3 is 10.8 Å². The lowest BCUT2D eigenvalue weighted by Crippen LogP contribution is -1.95. The Hall–Kier alpha value is -1.25. The smallest absolute Gasteiger partial charge is 0.119 e. The first kappa shape index (κ1) is 9.84. The summed E-state index contributed by atoms with van der Waals surface area (Å²) in [6.07, 6.45) is 1.47. The van der Waals surface area contributed by atoms with Crippen molar-refractivity contribution in [3.05, 3.63) is 17.8 Å². The third kappa shape index (κ3) is 2.61. The van der Waals surface area contributed by atoms with Crippen LogP contribution in [0.2, 0.25) is 0 Å². The first-order chi connectivity index (χ1) is 6.27. The average molecular weight is 195 g/mol. The SMILES string of the molecule is N#Cc1cnc(SCCO)c(N)c1. The van der Waals surface area contributed by atoms with Gasteiger partial charge >= 0.3 is 0 Å². The number of aromatic nitrogens is 1. The number of aliphatic hydroxyl groups excluding tert-OH is 1. The van der Waals surface area contributed by atoms with E-state index in [4.69, 9.17) is 16.1 Å². The number of thioether (sulfide) groups is 1. The lowest BCUT2D eigenvalue weighted by atomic mass is 10.3. The van der Waals surface area contributed by atoms with Gasteiger partial charge in [-0.15, -0.1) is 11.8 Å². The summed E-state index contributed by atoms with van der Waals surface area (Å²) in [5.41, 5.74) is 6.56. The quantitative estimate of drug-likeness (QED) is 0.691. The zero-order valence-electron chi connectivity index (χ0n) is 6.90. The number of nitrogens with zero attached hydrogens (tertiary/aromatic N) is 2. The summed E-state index contributed by atoms with van der Waals surface area (Å²) >= 11 is 1.37. The van der Waals surface area contributed by atoms with Crippen molar-refractivity contribution in [2.75, 3.05) is 18.1 Å². The molecule has 0 radical (unpaired) electrons. The highest BCUT2D eigenvalue weighted by atomic mass is 32.2. The van der Waals surface area contributed by atoms with Crippen LogP contribution in [0.25, 0.3) is 0 Å². The van der Waals surface area contributed by atoms with Gasteiger partial charge in [-0.2, -0.15) is 5.26 Å². The monoisotopic (exact) mass is 195 g/mol. The highest BCUT2D eigenvalue weighted by Crippen LogP contribution is 2.22. The van der Waals surface area contributed by atoms with E-state index in [0.29, 0.717) is 22.0 Å². The molecule has 0 spiro atoms. The van der Waals surface area contributed by atoms with E-state index in [1.807, 2.05) is 6.07 Å². The van der Waals surface area contributed by atoms with E-state index in [-0.39, 0.29) is 6.61 Å². The van der Waals surface area contributed by atoms with Crippen LogP contribution in [-0.4, -0.2) is 22.5 Å². The van der Waals surface area contributed by atoms with Crippen LogP contribution in [0.1, 0.15) is 5.56 Å². The van der Waals surface area contributed by atoms with Crippen molar-refractivity contribution in [2.24, 2.45) is 0 Å². The molecule has 0 unspecified atom stereocenters. The molecule has 1 heterocycles. The molecule has 0 fully saturated rings. The molecule has 68 valence electrons. The standard InChI is InChI=1S/C8H9N3OS/c9-4-6-3-7(10)8(11-5-6)13-2-1-12/h3,5,12H,1-2,10H2. The minimum atomic E-state index is 0.0891. The van der Waals surface area contributed by atoms with Gasteiger partial charge in [0.15, 0.2) is 0 Å². The molecule has 1 aromatic heterocycles. The van der Waals surface area contributed by atoms with Crippen molar-refractivity contribution >= 4 is 17.4 Å². The maximum atomic E-state index is 8.58. The van der Waals surface area contributed by atoms with Crippen LogP contribution in [0.3, 0.4) is 0 Å². The lowest BCUT2D eigenvalue weighted by molar-refractivity contribution is 0.322. The predicted octanol–water partition coefficient (Wildman–Crippen LogP) is 0.620. The van der Waals surface area contributed by atoms with E-state index in [0.717, 1.165) is 0 Å². The van der Waals surface area contributed by atoms with E-state index in [1.165, 1.54) is 18.0 Å². The molecule has 3 N–H and O–H groups in total. The Kier molecular flexibility index (Phi) is 3.55. The van der Waals surface area contributed by atoms with Crippen molar-refractivity contribution in [1.82, 2.24) is 4.98 Å². The fourth-order valence-electron chi connectivity index (χ4n) is 0.793. The van der Waals surface area contributed by atoms with Gasteiger partial charge in [0.05, 0.1) is 17.9 Å². The van der Waals surface area contributed by atoms with E-state index in [2.05, 4.69) is 4.98 Å². The number of nitrogens with two attached hydrogens (primary N) is 1. The van der Waals surface area contributed by atoms with Crippen molar-refractivity contribution in [3.8, 4) is 6.07 Å². The molecule has 0 aliphatic carbocycles. The number of aliphatic hydroxyl groups is 1. The molecule has 0 saturated carbocycles. The van der Waals surface area contributed by atoms with Gasteiger partial charge in [0, 0.05) is 11.9 Å². The average Bonchev–Trinajstić information content (AvgIpc) is 2.16. The van der Waals surface area contributed by atoms with Gasteiger partial charge in [-0.1, -0.05) is 0 Å². The molecule has 0 amide bonds. The summed E-state index contributed by atoms with van der Waals surface area (Å²) in [6.45, 7) is 0.0891. The summed E-state index contributed by atoms with van der Waals surface area (Å²) in [7, 11) is 0. The minimum Gasteiger partial charge on any atom is -0.397 e. The Morgan fingerprint density at radius 3 is 3.00 bits per heavy atom. The predicted molar refractivity (Wildman–Crippen MR) is 51.2 cm³/mol. The second kappa shape index (κ2) is 4.70. The maximum Gasteiger partial charge on any atom is 0.119 e. The molecule has 0 aromatic carbocycles. The topological polar surface area (TPSA) is 82.9 Å². The third-order valence-electron chi connectivity index (χ3n) is 1.34. The largest absolute Gasteiger partial charge is 0.397 e. The molecule has 0 aliphatic rings. The molecule has 0 atom stereocenters. The molecular weight excluding hydrogens is 186 g/mol. The number of hydrogen-bond acceptors (Lipinski definition) is 5. The van der Waals surface area contributed by atoms with Crippen LogP contribution in [0, 0.1) is 11.3 Å². The first-order valence-corrected chi connectivity index (χ1v) is 4.65. The third-order valence-corrected chi connectivity index (χ3v) is 2.34. The Morgan fingerprint density at radius 1 is 1.69 bits per heavy atom. The summed E-state index contributed by atoms with van der Waals surface area (Å²) in [5, 5.41) is 17.8. The second-order valence-corrected chi connectivity index (χ2v) is 3.39. The van der Waals surface area contributed by atoms with Crippen LogP contribution in [0.5, 0.6) is 0 Å². The Balaban J connectivity index is 2.81. The van der Waals surface area contributed by atoms with Gasteiger partial charge in [-0.3, -0.25) is 0 Å². The molecule has 5 heteroatoms. The zero-order valence-corrected chi connectivity index (χ0v) is 7.71. The van der Waals surface area contributed by atoms with Crippen LogP contribution in [0.15, 0.2) is 17.3 Å². The van der Waals surface area contributed by atoms with E-state index in [9.17, 15) is 0 Å². The molecule has 0 saturated heterocycles. The van der Waals surface area contributed by atoms with E-state index >= 15 is 0 Å². The maximum absolute atomic E-state index is 8.58. The Bertz CT molecular complexity index is 335. The number of anilines is 1. The summed E-state index contributed by atoms with van der Waals surface area (Å²) in [6, 6.07) is 3.53. The van der Waals surface area contributed by atoms with Crippen molar-refractivity contribution in [2.45, 2.75) is 5.03 Å². The van der Waals surface area contributed by atoms with Gasteiger partial charge in [0.25, 0.3) is 0 Å². The van der Waals surface area contributed by atoms with E-state index < -0.39 is 0 Å². The minimum absolute atomic E-state index is 0.0891. The molecule has 0 aliphatic heterocycles. The number of nitrogen functional groups attached to an aromatic ring is 1. The molecule has 1 rings (SSSR count). The molecular formula is C8H9N3OS. The summed E-state index contributed by atoms with van der Waals surface area (Å²) in [5.74, 6) is 0.559. The van der Waals surface area contributed by atoms with Crippen LogP contribution in [-0.2, 0) is 0 Å². The van der Waals surface area contributed by atoms with Crippen LogP contribution < -0.4 is 5.73 Å². The van der Waals surface area contributed by atoms with Crippen molar-refractivity contribution in [1.29, 1.82) is 5.26 Å². The zero-order chi connectivity index (χ0) is 9.68. The van der Waals surface area contributed by atoms with Gasteiger partial charge in [-0.25, -0.2) is 4.98 Å². The second-order valence-electron chi connectivity index (χ2n) is 2.30. The van der Waals surface area contributed by atoms with Gasteiger partial charge in [0.1, 0.15) is 11.1 Å². The highest BCUT2D eigenvalue weighted by molar-refractivity contribution is 7.99. The fraction of sp³-hybridized carbons (Fsp3) is 0.250. The Labute approximate surface area is 80.4 Å². The molecule has 0 bridgehead atoms. The van der Waals surface area contributed by atoms with Crippen molar-refractivity contribution in [3.63, 3.8) is 0 Å². The van der Waals surface area contributed by atoms with Gasteiger partial charge in [-0.05, 0) is 6.07 Å². The highest BCUT2D eigenvalue weighted by Gasteiger charge is 2.02. The van der Waals surface area contributed by atoms with E-state index in [1.54, 1.807) is 6.07 Å². The van der Waals surface area contributed by atoms with Crippen LogP contribution >= 0.6 is 11.8 Å². The number of nitriles is 1. The Morgan fingerprint density at radius 2 is 2.46 bits per heavy atom. The number of hydrogen-bond donors (Lipinski definition) is 2.